The zero-order valence-corrected chi connectivity index (χ0v) is 12.4. The topological polar surface area (TPSA) is 32.3 Å². The van der Waals surface area contributed by atoms with E-state index in [1.807, 2.05) is 24.3 Å². The van der Waals surface area contributed by atoms with Crippen LogP contribution in [0.2, 0.25) is 0 Å². The van der Waals surface area contributed by atoms with Gasteiger partial charge in [-0.2, -0.15) is 0 Å². The van der Waals surface area contributed by atoms with Crippen LogP contribution in [0.25, 0.3) is 0 Å². The largest absolute Gasteiger partial charge is 0.348 e. The maximum atomic E-state index is 12.3. The van der Waals surface area contributed by atoms with Gasteiger partial charge in [-0.25, -0.2) is 0 Å². The number of amides is 1. The number of halogens is 1. The standard InChI is InChI=1S/C14H17IN2O/c15-12-4-2-1-3-11(12)14(18)16-13-9-17-7-5-10(13)6-8-17/h1-4,10,13H,5-9H2,(H,16,18)/t13-/m0/s1. The second-order valence-corrected chi connectivity index (χ2v) is 6.36. The molecule has 96 valence electrons. The fourth-order valence-electron chi connectivity index (χ4n) is 3.02. The van der Waals surface area contributed by atoms with Gasteiger partial charge < -0.3 is 10.2 Å². The Kier molecular flexibility index (Phi) is 3.56. The Balaban J connectivity index is 1.70. The first kappa shape index (κ1) is 12.4. The summed E-state index contributed by atoms with van der Waals surface area (Å²) in [6.45, 7) is 3.44. The van der Waals surface area contributed by atoms with E-state index in [9.17, 15) is 4.79 Å². The number of fused-ring (bicyclic) bond motifs is 3. The number of hydrogen-bond donors (Lipinski definition) is 1. The van der Waals surface area contributed by atoms with Gasteiger partial charge >= 0.3 is 0 Å². The quantitative estimate of drug-likeness (QED) is 0.824. The summed E-state index contributed by atoms with van der Waals surface area (Å²) in [5.74, 6) is 0.763. The van der Waals surface area contributed by atoms with Crippen LogP contribution in [0.3, 0.4) is 0 Å². The number of rotatable bonds is 2. The van der Waals surface area contributed by atoms with E-state index in [2.05, 4.69) is 32.8 Å². The molecule has 18 heavy (non-hydrogen) atoms. The Bertz CT molecular complexity index is 455. The molecule has 0 unspecified atom stereocenters. The molecule has 0 radical (unpaired) electrons. The van der Waals surface area contributed by atoms with Crippen molar-refractivity contribution in [1.82, 2.24) is 10.2 Å². The fourth-order valence-corrected chi connectivity index (χ4v) is 3.65. The van der Waals surface area contributed by atoms with Gasteiger partial charge in [0.1, 0.15) is 0 Å². The van der Waals surface area contributed by atoms with Gasteiger partial charge in [0.2, 0.25) is 0 Å². The summed E-state index contributed by atoms with van der Waals surface area (Å²) < 4.78 is 1.02. The predicted octanol–water partition coefficient (Wildman–Crippen LogP) is 2.12. The number of carbonyl (C=O) groups excluding carboxylic acids is 1. The lowest BCUT2D eigenvalue weighted by Crippen LogP contribution is -2.57. The average molecular weight is 356 g/mol. The maximum Gasteiger partial charge on any atom is 0.252 e. The summed E-state index contributed by atoms with van der Waals surface area (Å²) in [7, 11) is 0. The van der Waals surface area contributed by atoms with Crippen LogP contribution >= 0.6 is 22.6 Å². The van der Waals surface area contributed by atoms with Crippen molar-refractivity contribution in [3.05, 3.63) is 33.4 Å². The summed E-state index contributed by atoms with van der Waals surface area (Å²) in [6.07, 6.45) is 2.47. The van der Waals surface area contributed by atoms with Crippen LogP contribution in [0.1, 0.15) is 23.2 Å². The van der Waals surface area contributed by atoms with E-state index in [0.717, 1.165) is 15.7 Å². The fraction of sp³-hybridized carbons (Fsp3) is 0.500. The normalized spacial score (nSPS) is 30.2. The smallest absolute Gasteiger partial charge is 0.252 e. The Morgan fingerprint density at radius 3 is 2.61 bits per heavy atom. The number of carbonyl (C=O) groups is 1. The second-order valence-electron chi connectivity index (χ2n) is 5.20. The van der Waals surface area contributed by atoms with Gasteiger partial charge in [-0.1, -0.05) is 12.1 Å². The summed E-state index contributed by atoms with van der Waals surface area (Å²) in [4.78, 5) is 14.7. The molecular weight excluding hydrogens is 339 g/mol. The van der Waals surface area contributed by atoms with E-state index in [0.29, 0.717) is 12.0 Å². The molecule has 4 heteroatoms. The molecule has 1 aromatic rings. The third kappa shape index (κ3) is 2.40. The molecule has 3 heterocycles. The molecule has 3 nitrogen and oxygen atoms in total. The molecule has 3 fully saturated rings. The summed E-state index contributed by atoms with van der Waals surface area (Å²) in [5, 5.41) is 3.22. The van der Waals surface area contributed by atoms with Gasteiger partial charge in [0.25, 0.3) is 5.91 Å². The molecule has 4 rings (SSSR count). The number of hydrogen-bond acceptors (Lipinski definition) is 2. The van der Waals surface area contributed by atoms with E-state index in [1.54, 1.807) is 0 Å². The molecule has 0 aliphatic carbocycles. The molecule has 1 N–H and O–H groups in total. The molecule has 0 spiro atoms. The van der Waals surface area contributed by atoms with Crippen molar-refractivity contribution < 1.29 is 4.79 Å². The lowest BCUT2D eigenvalue weighted by atomic mass is 9.84. The van der Waals surface area contributed by atoms with Gasteiger partial charge in [0.15, 0.2) is 0 Å². The molecule has 0 aromatic heterocycles. The van der Waals surface area contributed by atoms with E-state index >= 15 is 0 Å². The van der Waals surface area contributed by atoms with Crippen LogP contribution in [0, 0.1) is 9.49 Å². The Labute approximate surface area is 121 Å². The first-order valence-electron chi connectivity index (χ1n) is 6.52. The van der Waals surface area contributed by atoms with Crippen LogP contribution in [-0.2, 0) is 0 Å². The van der Waals surface area contributed by atoms with Crippen molar-refractivity contribution in [1.29, 1.82) is 0 Å². The third-order valence-electron chi connectivity index (χ3n) is 4.09. The van der Waals surface area contributed by atoms with Crippen molar-refractivity contribution in [2.24, 2.45) is 5.92 Å². The van der Waals surface area contributed by atoms with E-state index in [4.69, 9.17) is 0 Å². The lowest BCUT2D eigenvalue weighted by molar-refractivity contribution is 0.0620. The molecule has 2 bridgehead atoms. The number of benzene rings is 1. The molecule has 3 aliphatic heterocycles. The third-order valence-corrected chi connectivity index (χ3v) is 5.03. The zero-order valence-electron chi connectivity index (χ0n) is 10.2. The first-order chi connectivity index (χ1) is 8.74. The molecule has 1 aromatic carbocycles. The van der Waals surface area contributed by atoms with E-state index < -0.39 is 0 Å². The highest BCUT2D eigenvalue weighted by atomic mass is 127. The molecule has 1 atom stereocenters. The monoisotopic (exact) mass is 356 g/mol. The predicted molar refractivity (Wildman–Crippen MR) is 79.6 cm³/mol. The molecular formula is C14H17IN2O. The van der Waals surface area contributed by atoms with E-state index in [-0.39, 0.29) is 5.91 Å². The highest BCUT2D eigenvalue weighted by molar-refractivity contribution is 14.1. The minimum absolute atomic E-state index is 0.0822. The Morgan fingerprint density at radius 1 is 1.28 bits per heavy atom. The van der Waals surface area contributed by atoms with E-state index in [1.165, 1.54) is 25.9 Å². The van der Waals surface area contributed by atoms with Gasteiger partial charge in [0, 0.05) is 16.2 Å². The van der Waals surface area contributed by atoms with Crippen LogP contribution in [0.4, 0.5) is 0 Å². The summed E-state index contributed by atoms with van der Waals surface area (Å²) in [6, 6.07) is 8.11. The maximum absolute atomic E-state index is 12.3. The molecule has 3 saturated heterocycles. The van der Waals surface area contributed by atoms with Crippen molar-refractivity contribution in [3.8, 4) is 0 Å². The van der Waals surface area contributed by atoms with Crippen molar-refractivity contribution >= 4 is 28.5 Å². The Morgan fingerprint density at radius 2 is 2.00 bits per heavy atom. The number of nitrogens with zero attached hydrogens (tertiary/aromatic N) is 1. The number of nitrogens with one attached hydrogen (secondary N) is 1. The zero-order chi connectivity index (χ0) is 12.5. The van der Waals surface area contributed by atoms with Crippen LogP contribution in [0.15, 0.2) is 24.3 Å². The minimum atomic E-state index is 0.0822. The van der Waals surface area contributed by atoms with Gasteiger partial charge in [-0.05, 0) is 66.6 Å². The highest BCUT2D eigenvalue weighted by Gasteiger charge is 2.35. The number of piperidine rings is 3. The van der Waals surface area contributed by atoms with Crippen LogP contribution < -0.4 is 5.32 Å². The lowest BCUT2D eigenvalue weighted by Gasteiger charge is -2.44. The van der Waals surface area contributed by atoms with Crippen LogP contribution in [-0.4, -0.2) is 36.5 Å². The van der Waals surface area contributed by atoms with Crippen molar-refractivity contribution in [2.45, 2.75) is 18.9 Å². The first-order valence-corrected chi connectivity index (χ1v) is 7.59. The molecule has 0 saturated carbocycles. The second kappa shape index (κ2) is 5.17. The summed E-state index contributed by atoms with van der Waals surface area (Å²) >= 11 is 2.22. The van der Waals surface area contributed by atoms with Gasteiger partial charge in [-0.15, -0.1) is 0 Å². The Hall–Kier alpha value is -0.620. The molecule has 3 aliphatic rings. The highest BCUT2D eigenvalue weighted by Crippen LogP contribution is 2.27. The summed E-state index contributed by atoms with van der Waals surface area (Å²) in [5.41, 5.74) is 0.801. The van der Waals surface area contributed by atoms with Crippen LogP contribution in [0.5, 0.6) is 0 Å². The minimum Gasteiger partial charge on any atom is -0.348 e. The van der Waals surface area contributed by atoms with Gasteiger partial charge in [-0.3, -0.25) is 4.79 Å². The SMILES string of the molecule is O=C(N[C@H]1CN2CCC1CC2)c1ccccc1I. The van der Waals surface area contributed by atoms with Crippen molar-refractivity contribution in [3.63, 3.8) is 0 Å². The average Bonchev–Trinajstić information content (AvgIpc) is 2.40. The molecule has 1 amide bonds. The van der Waals surface area contributed by atoms with Gasteiger partial charge in [0.05, 0.1) is 5.56 Å². The van der Waals surface area contributed by atoms with Crippen molar-refractivity contribution in [2.75, 3.05) is 19.6 Å².